The van der Waals surface area contributed by atoms with Crippen LogP contribution >= 0.6 is 0 Å². The van der Waals surface area contributed by atoms with Crippen LogP contribution in [0.1, 0.15) is 25.8 Å². The minimum Gasteiger partial charge on any atom is -0.497 e. The number of esters is 1. The summed E-state index contributed by atoms with van der Waals surface area (Å²) in [5.41, 5.74) is 1.11. The Morgan fingerprint density at radius 2 is 1.86 bits per heavy atom. The van der Waals surface area contributed by atoms with Crippen LogP contribution in [0.25, 0.3) is 0 Å². The highest BCUT2D eigenvalue weighted by Gasteiger charge is 2.08. The summed E-state index contributed by atoms with van der Waals surface area (Å²) < 4.78 is 15.5. The Balaban J connectivity index is 2.34. The van der Waals surface area contributed by atoms with Gasteiger partial charge in [-0.25, -0.2) is 4.79 Å². The fourth-order valence-corrected chi connectivity index (χ4v) is 1.94. The third kappa shape index (κ3) is 6.95. The van der Waals surface area contributed by atoms with Crippen molar-refractivity contribution in [3.8, 4) is 5.75 Å². The van der Waals surface area contributed by atoms with Crippen LogP contribution in [0.2, 0.25) is 0 Å². The quantitative estimate of drug-likeness (QED) is 0.544. The van der Waals surface area contributed by atoms with Gasteiger partial charge in [0.1, 0.15) is 5.75 Å². The first-order valence-electron chi connectivity index (χ1n) is 7.05. The average molecular weight is 292 g/mol. The molecule has 0 aliphatic heterocycles. The van der Waals surface area contributed by atoms with E-state index in [9.17, 15) is 4.79 Å². The van der Waals surface area contributed by atoms with Crippen LogP contribution in [0.3, 0.4) is 0 Å². The van der Waals surface area contributed by atoms with Crippen LogP contribution in [0.15, 0.2) is 36.4 Å². The van der Waals surface area contributed by atoms with Crippen molar-refractivity contribution in [3.05, 3.63) is 42.0 Å². The van der Waals surface area contributed by atoms with E-state index in [1.54, 1.807) is 7.11 Å². The molecule has 0 heterocycles. The highest BCUT2D eigenvalue weighted by atomic mass is 16.5. The number of hydrogen-bond donors (Lipinski definition) is 0. The second kappa shape index (κ2) is 9.19. The molecule has 2 atom stereocenters. The fraction of sp³-hybridized carbons (Fsp3) is 0.471. The molecule has 0 N–H and O–H groups in total. The number of rotatable bonds is 8. The van der Waals surface area contributed by atoms with Gasteiger partial charge in [0.25, 0.3) is 0 Å². The van der Waals surface area contributed by atoms with Gasteiger partial charge < -0.3 is 14.2 Å². The molecule has 0 bridgehead atoms. The lowest BCUT2D eigenvalue weighted by Crippen LogP contribution is -2.12. The maximum absolute atomic E-state index is 11.0. The molecule has 0 radical (unpaired) electrons. The van der Waals surface area contributed by atoms with E-state index >= 15 is 0 Å². The average Bonchev–Trinajstić information content (AvgIpc) is 2.51. The third-order valence-electron chi connectivity index (χ3n) is 3.16. The first kappa shape index (κ1) is 17.2. The van der Waals surface area contributed by atoms with E-state index in [4.69, 9.17) is 9.47 Å². The Morgan fingerprint density at radius 1 is 1.19 bits per heavy atom. The number of carbonyl (C=O) groups is 1. The van der Waals surface area contributed by atoms with Gasteiger partial charge in [0.15, 0.2) is 0 Å². The third-order valence-corrected chi connectivity index (χ3v) is 3.16. The van der Waals surface area contributed by atoms with Crippen molar-refractivity contribution in [1.82, 2.24) is 0 Å². The Kier molecular flexibility index (Phi) is 7.54. The molecule has 4 heteroatoms. The van der Waals surface area contributed by atoms with Crippen LogP contribution in [-0.4, -0.2) is 26.3 Å². The van der Waals surface area contributed by atoms with Crippen LogP contribution in [0.4, 0.5) is 0 Å². The molecule has 0 unspecified atom stereocenters. The molecule has 21 heavy (non-hydrogen) atoms. The summed E-state index contributed by atoms with van der Waals surface area (Å²) in [6.07, 6.45) is 4.27. The Hall–Kier alpha value is -1.81. The highest BCUT2D eigenvalue weighted by Crippen LogP contribution is 2.15. The second-order valence-electron chi connectivity index (χ2n) is 5.06. The van der Waals surface area contributed by atoms with E-state index in [1.807, 2.05) is 44.2 Å². The predicted octanol–water partition coefficient (Wildman–Crippen LogP) is 3.36. The largest absolute Gasteiger partial charge is 0.497 e. The van der Waals surface area contributed by atoms with Gasteiger partial charge in [0.2, 0.25) is 0 Å². The molecule has 1 rings (SSSR count). The number of hydrogen-bond acceptors (Lipinski definition) is 4. The molecule has 0 saturated heterocycles. The molecule has 0 saturated carbocycles. The molecule has 116 valence electrons. The maximum atomic E-state index is 11.0. The van der Waals surface area contributed by atoms with Gasteiger partial charge in [0.05, 0.1) is 26.9 Å². The predicted molar refractivity (Wildman–Crippen MR) is 82.2 cm³/mol. The zero-order valence-corrected chi connectivity index (χ0v) is 13.2. The molecule has 0 aliphatic carbocycles. The first-order valence-corrected chi connectivity index (χ1v) is 7.05. The van der Waals surface area contributed by atoms with E-state index < -0.39 is 0 Å². The molecule has 0 aromatic heterocycles. The standard InChI is InChI=1S/C17H24O4/c1-13(5-10-17(18)20-4)11-14(2)21-12-15-6-8-16(19-3)9-7-15/h5-10,13-14H,11-12H2,1-4H3/b10-5+/t13-,14-/m0/s1. The molecular weight excluding hydrogens is 268 g/mol. The molecule has 4 nitrogen and oxygen atoms in total. The summed E-state index contributed by atoms with van der Waals surface area (Å²) in [6, 6.07) is 7.83. The Labute approximate surface area is 126 Å². The van der Waals surface area contributed by atoms with Gasteiger partial charge in [-0.15, -0.1) is 0 Å². The highest BCUT2D eigenvalue weighted by molar-refractivity contribution is 5.81. The van der Waals surface area contributed by atoms with Crippen molar-refractivity contribution >= 4 is 5.97 Å². The fourth-order valence-electron chi connectivity index (χ4n) is 1.94. The summed E-state index contributed by atoms with van der Waals surface area (Å²) in [7, 11) is 3.02. The van der Waals surface area contributed by atoms with Gasteiger partial charge in [-0.1, -0.05) is 25.1 Å². The lowest BCUT2D eigenvalue weighted by molar-refractivity contribution is -0.134. The number of ether oxygens (including phenoxy) is 3. The Bertz CT molecular complexity index is 450. The Morgan fingerprint density at radius 3 is 2.43 bits per heavy atom. The number of carbonyl (C=O) groups excluding carboxylic acids is 1. The van der Waals surface area contributed by atoms with Crippen LogP contribution in [0.5, 0.6) is 5.75 Å². The zero-order valence-electron chi connectivity index (χ0n) is 13.2. The van der Waals surface area contributed by atoms with E-state index in [0.717, 1.165) is 17.7 Å². The van der Waals surface area contributed by atoms with Crippen molar-refractivity contribution in [2.24, 2.45) is 5.92 Å². The van der Waals surface area contributed by atoms with Crippen LogP contribution in [0, 0.1) is 5.92 Å². The minimum absolute atomic E-state index is 0.115. The summed E-state index contributed by atoms with van der Waals surface area (Å²) in [6.45, 7) is 4.65. The van der Waals surface area contributed by atoms with Crippen LogP contribution < -0.4 is 4.74 Å². The zero-order chi connectivity index (χ0) is 15.7. The monoisotopic (exact) mass is 292 g/mol. The molecular formula is C17H24O4. The lowest BCUT2D eigenvalue weighted by Gasteiger charge is -2.16. The van der Waals surface area contributed by atoms with Gasteiger partial charge >= 0.3 is 5.97 Å². The smallest absolute Gasteiger partial charge is 0.330 e. The SMILES string of the molecule is COC(=O)/C=C/[C@H](C)C[C@H](C)OCc1ccc(OC)cc1. The van der Waals surface area contributed by atoms with Crippen molar-refractivity contribution in [2.45, 2.75) is 33.0 Å². The van der Waals surface area contributed by atoms with Crippen molar-refractivity contribution < 1.29 is 19.0 Å². The first-order chi connectivity index (χ1) is 10.0. The number of methoxy groups -OCH3 is 2. The molecule has 0 amide bonds. The molecule has 0 spiro atoms. The van der Waals surface area contributed by atoms with Crippen molar-refractivity contribution in [2.75, 3.05) is 14.2 Å². The molecule has 0 fully saturated rings. The summed E-state index contributed by atoms with van der Waals surface area (Å²) in [5, 5.41) is 0. The summed E-state index contributed by atoms with van der Waals surface area (Å²) >= 11 is 0. The van der Waals surface area contributed by atoms with E-state index in [2.05, 4.69) is 4.74 Å². The normalized spacial score (nSPS) is 13.9. The number of benzene rings is 1. The van der Waals surface area contributed by atoms with E-state index in [1.165, 1.54) is 13.2 Å². The molecule has 1 aromatic carbocycles. The van der Waals surface area contributed by atoms with Gasteiger partial charge in [-0.3, -0.25) is 0 Å². The van der Waals surface area contributed by atoms with Gasteiger partial charge in [-0.05, 0) is 37.0 Å². The van der Waals surface area contributed by atoms with Crippen molar-refractivity contribution in [1.29, 1.82) is 0 Å². The minimum atomic E-state index is -0.325. The molecule has 0 aliphatic rings. The van der Waals surface area contributed by atoms with E-state index in [-0.39, 0.29) is 18.0 Å². The van der Waals surface area contributed by atoms with Crippen LogP contribution in [-0.2, 0) is 20.9 Å². The van der Waals surface area contributed by atoms with Gasteiger partial charge in [-0.2, -0.15) is 0 Å². The topological polar surface area (TPSA) is 44.8 Å². The lowest BCUT2D eigenvalue weighted by atomic mass is 10.0. The van der Waals surface area contributed by atoms with E-state index in [0.29, 0.717) is 6.61 Å². The summed E-state index contributed by atoms with van der Waals surface area (Å²) in [5.74, 6) is 0.775. The van der Waals surface area contributed by atoms with Crippen molar-refractivity contribution in [3.63, 3.8) is 0 Å². The molecule has 1 aromatic rings. The van der Waals surface area contributed by atoms with Gasteiger partial charge in [0, 0.05) is 6.08 Å². The second-order valence-corrected chi connectivity index (χ2v) is 5.06. The maximum Gasteiger partial charge on any atom is 0.330 e. The summed E-state index contributed by atoms with van der Waals surface area (Å²) in [4.78, 5) is 11.0. The number of allylic oxidation sites excluding steroid dienone is 1.